The Morgan fingerprint density at radius 1 is 1.10 bits per heavy atom. The third kappa shape index (κ3) is 5.01. The number of rotatable bonds is 6. The molecule has 0 atom stereocenters. The van der Waals surface area contributed by atoms with Crippen LogP contribution in [0.4, 0.5) is 5.69 Å². The van der Waals surface area contributed by atoms with Crippen molar-refractivity contribution >= 4 is 23.5 Å². The molecule has 0 saturated heterocycles. The molecule has 154 valence electrons. The second-order valence-corrected chi connectivity index (χ2v) is 8.03. The van der Waals surface area contributed by atoms with E-state index in [2.05, 4.69) is 20.8 Å². The molecular weight excluding hydrogens is 372 g/mol. The van der Waals surface area contributed by atoms with Crippen LogP contribution in [-0.2, 0) is 9.59 Å². The number of aliphatic carboxylic acids is 1. The second kappa shape index (κ2) is 8.46. The summed E-state index contributed by atoms with van der Waals surface area (Å²) in [6.07, 6.45) is 6.20. The number of carboxylic acids is 1. The van der Waals surface area contributed by atoms with Crippen LogP contribution in [0.25, 0.3) is 0 Å². The summed E-state index contributed by atoms with van der Waals surface area (Å²) in [6, 6.07) is 7.76. The number of carbonyl (C=O) groups is 3. The van der Waals surface area contributed by atoms with Gasteiger partial charge in [-0.05, 0) is 63.1 Å². The summed E-state index contributed by atoms with van der Waals surface area (Å²) in [5.74, 6) is -1.25. The van der Waals surface area contributed by atoms with Crippen LogP contribution in [0, 0.1) is 5.92 Å². The van der Waals surface area contributed by atoms with Crippen LogP contribution >= 0.6 is 0 Å². The quantitative estimate of drug-likeness (QED) is 0.596. The van der Waals surface area contributed by atoms with Gasteiger partial charge < -0.3 is 15.7 Å². The Morgan fingerprint density at radius 3 is 2.31 bits per heavy atom. The fraction of sp³-hybridized carbons (Fsp3) is 0.429. The van der Waals surface area contributed by atoms with E-state index in [-0.39, 0.29) is 17.7 Å². The molecule has 0 radical (unpaired) electrons. The van der Waals surface area contributed by atoms with Crippen molar-refractivity contribution in [3.63, 3.8) is 0 Å². The first kappa shape index (κ1) is 20.6. The molecule has 1 fully saturated rings. The molecule has 0 aliphatic heterocycles. The minimum absolute atomic E-state index is 0.154. The van der Waals surface area contributed by atoms with Crippen molar-refractivity contribution in [2.45, 2.75) is 51.0 Å². The maximum absolute atomic E-state index is 12.4. The van der Waals surface area contributed by atoms with E-state index >= 15 is 0 Å². The number of carboxylic acid groups (broad SMARTS) is 1. The van der Waals surface area contributed by atoms with Crippen molar-refractivity contribution in [1.29, 1.82) is 0 Å². The van der Waals surface area contributed by atoms with Gasteiger partial charge in [-0.2, -0.15) is 5.10 Å². The molecule has 4 N–H and O–H groups in total. The zero-order valence-corrected chi connectivity index (χ0v) is 16.6. The van der Waals surface area contributed by atoms with E-state index in [1.165, 1.54) is 31.8 Å². The van der Waals surface area contributed by atoms with Gasteiger partial charge in [0.25, 0.3) is 5.91 Å². The van der Waals surface area contributed by atoms with Crippen molar-refractivity contribution in [3.05, 3.63) is 47.8 Å². The summed E-state index contributed by atoms with van der Waals surface area (Å²) in [5.41, 5.74) is 1.10. The van der Waals surface area contributed by atoms with Crippen LogP contribution in [0.15, 0.2) is 36.7 Å². The van der Waals surface area contributed by atoms with Crippen molar-refractivity contribution in [1.82, 2.24) is 15.5 Å². The first-order valence-electron chi connectivity index (χ1n) is 9.72. The summed E-state index contributed by atoms with van der Waals surface area (Å²) in [7, 11) is 0. The Morgan fingerprint density at radius 2 is 1.76 bits per heavy atom. The standard InChI is InChI=1S/C21H26N4O4/c1-21(2,20(28)29)25-19(27)15-5-3-13(4-6-15)14-7-9-17(10-8-14)24-18(26)16-11-22-23-12-16/h7-13,15H,3-6H2,1-2H3,(H,22,23)(H,24,26)(H,25,27)(H,28,29). The minimum Gasteiger partial charge on any atom is -0.480 e. The monoisotopic (exact) mass is 398 g/mol. The average molecular weight is 398 g/mol. The highest BCUT2D eigenvalue weighted by atomic mass is 16.4. The van der Waals surface area contributed by atoms with Crippen LogP contribution in [0.3, 0.4) is 0 Å². The number of nitrogens with zero attached hydrogens (tertiary/aromatic N) is 1. The van der Waals surface area contributed by atoms with Crippen LogP contribution in [0.1, 0.15) is 61.4 Å². The minimum atomic E-state index is -1.26. The van der Waals surface area contributed by atoms with Gasteiger partial charge in [0.1, 0.15) is 5.54 Å². The van der Waals surface area contributed by atoms with E-state index < -0.39 is 11.5 Å². The van der Waals surface area contributed by atoms with Gasteiger partial charge in [0.15, 0.2) is 0 Å². The Hall–Kier alpha value is -3.16. The molecule has 1 aromatic heterocycles. The fourth-order valence-electron chi connectivity index (χ4n) is 3.57. The summed E-state index contributed by atoms with van der Waals surface area (Å²) < 4.78 is 0. The zero-order chi connectivity index (χ0) is 21.0. The first-order valence-corrected chi connectivity index (χ1v) is 9.72. The lowest BCUT2D eigenvalue weighted by Gasteiger charge is -2.30. The van der Waals surface area contributed by atoms with Crippen LogP contribution in [0.2, 0.25) is 0 Å². The maximum atomic E-state index is 12.4. The molecule has 8 heteroatoms. The molecule has 1 heterocycles. The number of aromatic nitrogens is 2. The van der Waals surface area contributed by atoms with E-state index in [1.807, 2.05) is 24.3 Å². The summed E-state index contributed by atoms with van der Waals surface area (Å²) >= 11 is 0. The smallest absolute Gasteiger partial charge is 0.328 e. The third-order valence-corrected chi connectivity index (χ3v) is 5.47. The normalized spacial score (nSPS) is 19.4. The summed E-state index contributed by atoms with van der Waals surface area (Å²) in [4.78, 5) is 35.6. The number of aromatic amines is 1. The van der Waals surface area contributed by atoms with Gasteiger partial charge in [0.05, 0.1) is 11.8 Å². The topological polar surface area (TPSA) is 124 Å². The zero-order valence-electron chi connectivity index (χ0n) is 16.6. The number of hydrogen-bond acceptors (Lipinski definition) is 4. The van der Waals surface area contributed by atoms with Crippen molar-refractivity contribution in [2.24, 2.45) is 5.92 Å². The second-order valence-electron chi connectivity index (χ2n) is 8.03. The number of amides is 2. The maximum Gasteiger partial charge on any atom is 0.328 e. The molecular formula is C21H26N4O4. The average Bonchev–Trinajstić information content (AvgIpc) is 3.23. The molecule has 1 saturated carbocycles. The van der Waals surface area contributed by atoms with Gasteiger partial charge in [0.2, 0.25) is 5.91 Å². The number of H-pyrrole nitrogens is 1. The van der Waals surface area contributed by atoms with Crippen molar-refractivity contribution in [2.75, 3.05) is 5.32 Å². The SMILES string of the molecule is CC(C)(NC(=O)C1CCC(c2ccc(NC(=O)c3cn[nH]c3)cc2)CC1)C(=O)O. The fourth-order valence-corrected chi connectivity index (χ4v) is 3.57. The number of nitrogens with one attached hydrogen (secondary N) is 3. The van der Waals surface area contributed by atoms with E-state index in [0.717, 1.165) is 25.7 Å². The highest BCUT2D eigenvalue weighted by molar-refractivity contribution is 6.03. The third-order valence-electron chi connectivity index (χ3n) is 5.47. The highest BCUT2D eigenvalue weighted by Gasteiger charge is 2.33. The number of carbonyl (C=O) groups excluding carboxylic acids is 2. The van der Waals surface area contributed by atoms with Crippen LogP contribution in [-0.4, -0.2) is 38.6 Å². The molecule has 3 rings (SSSR count). The summed E-state index contributed by atoms with van der Waals surface area (Å²) in [5, 5.41) is 21.0. The van der Waals surface area contributed by atoms with Gasteiger partial charge in [-0.1, -0.05) is 12.1 Å². The summed E-state index contributed by atoms with van der Waals surface area (Å²) in [6.45, 7) is 2.98. The van der Waals surface area contributed by atoms with Crippen LogP contribution in [0.5, 0.6) is 0 Å². The number of anilines is 1. The van der Waals surface area contributed by atoms with Crippen LogP contribution < -0.4 is 10.6 Å². The lowest BCUT2D eigenvalue weighted by atomic mass is 9.78. The molecule has 2 amide bonds. The van der Waals surface area contributed by atoms with E-state index in [4.69, 9.17) is 5.11 Å². The van der Waals surface area contributed by atoms with Gasteiger partial charge in [-0.3, -0.25) is 14.7 Å². The number of benzene rings is 1. The van der Waals surface area contributed by atoms with Crippen molar-refractivity contribution < 1.29 is 19.5 Å². The highest BCUT2D eigenvalue weighted by Crippen LogP contribution is 2.36. The Bertz CT molecular complexity index is 867. The molecule has 0 unspecified atom stereocenters. The van der Waals surface area contributed by atoms with Gasteiger partial charge in [-0.25, -0.2) is 4.79 Å². The molecule has 29 heavy (non-hydrogen) atoms. The Kier molecular flexibility index (Phi) is 6.00. The molecule has 2 aromatic rings. The Balaban J connectivity index is 1.52. The van der Waals surface area contributed by atoms with Gasteiger partial charge in [-0.15, -0.1) is 0 Å². The van der Waals surface area contributed by atoms with E-state index in [1.54, 1.807) is 0 Å². The lowest BCUT2D eigenvalue weighted by Crippen LogP contribution is -2.51. The van der Waals surface area contributed by atoms with E-state index in [0.29, 0.717) is 17.2 Å². The molecule has 1 aromatic carbocycles. The lowest BCUT2D eigenvalue weighted by molar-refractivity contribution is -0.146. The van der Waals surface area contributed by atoms with Crippen molar-refractivity contribution in [3.8, 4) is 0 Å². The van der Waals surface area contributed by atoms with E-state index in [9.17, 15) is 14.4 Å². The molecule has 8 nitrogen and oxygen atoms in total. The molecule has 0 bridgehead atoms. The molecule has 0 spiro atoms. The van der Waals surface area contributed by atoms with Gasteiger partial charge in [0, 0.05) is 17.8 Å². The largest absolute Gasteiger partial charge is 0.480 e. The predicted octanol–water partition coefficient (Wildman–Crippen LogP) is 2.92. The Labute approximate surface area is 169 Å². The molecule has 1 aliphatic rings. The number of hydrogen-bond donors (Lipinski definition) is 4. The first-order chi connectivity index (χ1) is 13.8. The molecule has 1 aliphatic carbocycles. The predicted molar refractivity (Wildman–Crippen MR) is 108 cm³/mol. The van der Waals surface area contributed by atoms with Gasteiger partial charge >= 0.3 is 5.97 Å².